The highest BCUT2D eigenvalue weighted by Crippen LogP contribution is 2.46. The maximum Gasteiger partial charge on any atom is 0.419 e. The molecule has 2 N–H and O–H groups in total. The van der Waals surface area contributed by atoms with E-state index in [-0.39, 0.29) is 5.41 Å². The number of hydrogen-bond acceptors (Lipinski definition) is 4. The summed E-state index contributed by atoms with van der Waals surface area (Å²) in [6.07, 6.45) is 4.93. The Balaban J connectivity index is 2.11. The molecule has 0 spiro atoms. The number of aromatic nitrogens is 2. The zero-order chi connectivity index (χ0) is 12.7. The number of carbonyl (C=O) groups is 1. The number of rotatable bonds is 2. The fourth-order valence-electron chi connectivity index (χ4n) is 1.73. The van der Waals surface area contributed by atoms with Crippen LogP contribution >= 0.6 is 0 Å². The highest BCUT2D eigenvalue weighted by Gasteiger charge is 2.45. The predicted molar refractivity (Wildman–Crippen MR) is 63.8 cm³/mol. The van der Waals surface area contributed by atoms with E-state index in [1.54, 1.807) is 6.20 Å². The van der Waals surface area contributed by atoms with E-state index in [4.69, 9.17) is 10.5 Å². The first-order valence-electron chi connectivity index (χ1n) is 5.84. The maximum atomic E-state index is 11.8. The molecule has 1 heterocycles. The molecule has 0 saturated heterocycles. The van der Waals surface area contributed by atoms with Gasteiger partial charge in [-0.25, -0.2) is 14.3 Å². The molecule has 5 heteroatoms. The second kappa shape index (κ2) is 3.84. The number of ether oxygens (including phenoxy) is 1. The fraction of sp³-hybridized carbons (Fsp3) is 0.667. The van der Waals surface area contributed by atoms with E-state index in [2.05, 4.69) is 4.98 Å². The third-order valence-corrected chi connectivity index (χ3v) is 2.97. The van der Waals surface area contributed by atoms with Gasteiger partial charge >= 0.3 is 6.09 Å². The average molecular weight is 237 g/mol. The minimum Gasteiger partial charge on any atom is -0.443 e. The molecule has 2 rings (SSSR count). The first-order chi connectivity index (χ1) is 7.86. The molecule has 0 bridgehead atoms. The second-order valence-corrected chi connectivity index (χ2v) is 5.63. The van der Waals surface area contributed by atoms with Crippen LogP contribution in [0, 0.1) is 0 Å². The molecule has 0 radical (unpaired) electrons. The second-order valence-electron chi connectivity index (χ2n) is 5.63. The van der Waals surface area contributed by atoms with Crippen molar-refractivity contribution in [2.75, 3.05) is 6.54 Å². The molecule has 17 heavy (non-hydrogen) atoms. The maximum absolute atomic E-state index is 11.8. The van der Waals surface area contributed by atoms with Crippen LogP contribution < -0.4 is 5.73 Å². The van der Waals surface area contributed by atoms with Crippen LogP contribution in [0.1, 0.15) is 39.3 Å². The summed E-state index contributed by atoms with van der Waals surface area (Å²) in [6.45, 7) is 6.10. The smallest absolute Gasteiger partial charge is 0.419 e. The van der Waals surface area contributed by atoms with Crippen molar-refractivity contribution in [1.82, 2.24) is 9.55 Å². The van der Waals surface area contributed by atoms with E-state index in [0.717, 1.165) is 18.5 Å². The molecule has 0 amide bonds. The molecule has 94 valence electrons. The van der Waals surface area contributed by atoms with Crippen LogP contribution in [0.2, 0.25) is 0 Å². The molecular weight excluding hydrogens is 218 g/mol. The Labute approximate surface area is 101 Å². The van der Waals surface area contributed by atoms with E-state index in [1.165, 1.54) is 10.9 Å². The quantitative estimate of drug-likeness (QED) is 0.849. The van der Waals surface area contributed by atoms with E-state index in [0.29, 0.717) is 6.54 Å². The Morgan fingerprint density at radius 1 is 1.59 bits per heavy atom. The first kappa shape index (κ1) is 12.1. The number of nitrogens with two attached hydrogens (primary N) is 1. The highest BCUT2D eigenvalue weighted by atomic mass is 16.6. The summed E-state index contributed by atoms with van der Waals surface area (Å²) in [5, 5.41) is 0. The predicted octanol–water partition coefficient (Wildman–Crippen LogP) is 1.66. The number of nitrogens with zero attached hydrogens (tertiary/aromatic N) is 2. The van der Waals surface area contributed by atoms with Gasteiger partial charge in [-0.2, -0.15) is 0 Å². The van der Waals surface area contributed by atoms with Gasteiger partial charge in [0.25, 0.3) is 0 Å². The van der Waals surface area contributed by atoms with Gasteiger partial charge in [0, 0.05) is 18.2 Å². The Bertz CT molecular complexity index is 427. The van der Waals surface area contributed by atoms with Crippen molar-refractivity contribution in [3.05, 3.63) is 18.2 Å². The SMILES string of the molecule is CC(C)(C)OC(=O)n1cnc(C2(CN)CC2)c1. The molecule has 0 aromatic carbocycles. The van der Waals surface area contributed by atoms with Crippen LogP contribution in [-0.2, 0) is 10.2 Å². The monoisotopic (exact) mass is 237 g/mol. The highest BCUT2D eigenvalue weighted by molar-refractivity contribution is 5.70. The van der Waals surface area contributed by atoms with Crippen molar-refractivity contribution in [3.63, 3.8) is 0 Å². The van der Waals surface area contributed by atoms with Crippen LogP contribution in [0.4, 0.5) is 4.79 Å². The molecule has 1 aromatic rings. The molecule has 1 aliphatic carbocycles. The van der Waals surface area contributed by atoms with Crippen LogP contribution in [-0.4, -0.2) is 27.8 Å². The van der Waals surface area contributed by atoms with E-state index >= 15 is 0 Å². The minimum atomic E-state index is -0.493. The molecule has 0 unspecified atom stereocenters. The van der Waals surface area contributed by atoms with Crippen molar-refractivity contribution in [3.8, 4) is 0 Å². The Morgan fingerprint density at radius 2 is 2.24 bits per heavy atom. The Morgan fingerprint density at radius 3 is 2.71 bits per heavy atom. The Hall–Kier alpha value is -1.36. The van der Waals surface area contributed by atoms with E-state index in [1.807, 2.05) is 20.8 Å². The fourth-order valence-corrected chi connectivity index (χ4v) is 1.73. The van der Waals surface area contributed by atoms with Gasteiger partial charge in [0.05, 0.1) is 5.69 Å². The van der Waals surface area contributed by atoms with Crippen molar-refractivity contribution in [1.29, 1.82) is 0 Å². The zero-order valence-corrected chi connectivity index (χ0v) is 10.6. The third-order valence-electron chi connectivity index (χ3n) is 2.97. The number of imidazole rings is 1. The van der Waals surface area contributed by atoms with E-state index in [9.17, 15) is 4.79 Å². The van der Waals surface area contributed by atoms with Crippen molar-refractivity contribution in [2.24, 2.45) is 5.73 Å². The molecule has 1 aromatic heterocycles. The molecule has 1 aliphatic rings. The van der Waals surface area contributed by atoms with Crippen LogP contribution in [0.25, 0.3) is 0 Å². The molecule has 0 atom stereocenters. The molecule has 0 aliphatic heterocycles. The van der Waals surface area contributed by atoms with Gasteiger partial charge < -0.3 is 10.5 Å². The lowest BCUT2D eigenvalue weighted by Gasteiger charge is -2.19. The lowest BCUT2D eigenvalue weighted by atomic mass is 10.0. The zero-order valence-electron chi connectivity index (χ0n) is 10.6. The molecular formula is C12H19N3O2. The van der Waals surface area contributed by atoms with Gasteiger partial charge in [0.2, 0.25) is 0 Å². The lowest BCUT2D eigenvalue weighted by molar-refractivity contribution is 0.0536. The summed E-state index contributed by atoms with van der Waals surface area (Å²) >= 11 is 0. The standard InChI is InChI=1S/C12H19N3O2/c1-11(2,3)17-10(16)15-6-9(14-8-15)12(7-13)4-5-12/h6,8H,4-5,7,13H2,1-3H3. The molecule has 1 saturated carbocycles. The van der Waals surface area contributed by atoms with Gasteiger partial charge in [0.15, 0.2) is 0 Å². The number of hydrogen-bond donors (Lipinski definition) is 1. The van der Waals surface area contributed by atoms with Crippen molar-refractivity contribution < 1.29 is 9.53 Å². The summed E-state index contributed by atoms with van der Waals surface area (Å²) in [4.78, 5) is 16.0. The van der Waals surface area contributed by atoms with Gasteiger partial charge in [-0.05, 0) is 33.6 Å². The molecule has 1 fully saturated rings. The van der Waals surface area contributed by atoms with Gasteiger partial charge in [0.1, 0.15) is 11.9 Å². The number of carbonyl (C=O) groups excluding carboxylic acids is 1. The van der Waals surface area contributed by atoms with Gasteiger partial charge in [-0.1, -0.05) is 0 Å². The average Bonchev–Trinajstić information content (AvgIpc) is 2.85. The topological polar surface area (TPSA) is 70.1 Å². The van der Waals surface area contributed by atoms with Gasteiger partial charge in [-0.3, -0.25) is 0 Å². The summed E-state index contributed by atoms with van der Waals surface area (Å²) in [5.41, 5.74) is 6.13. The summed E-state index contributed by atoms with van der Waals surface area (Å²) in [5.74, 6) is 0. The summed E-state index contributed by atoms with van der Waals surface area (Å²) in [6, 6.07) is 0. The normalized spacial score (nSPS) is 17.9. The largest absolute Gasteiger partial charge is 0.443 e. The third kappa shape index (κ3) is 2.49. The molecule has 5 nitrogen and oxygen atoms in total. The minimum absolute atomic E-state index is 0.00720. The van der Waals surface area contributed by atoms with Crippen LogP contribution in [0.3, 0.4) is 0 Å². The van der Waals surface area contributed by atoms with E-state index < -0.39 is 11.7 Å². The van der Waals surface area contributed by atoms with Crippen molar-refractivity contribution in [2.45, 2.75) is 44.6 Å². The first-order valence-corrected chi connectivity index (χ1v) is 5.84. The summed E-state index contributed by atoms with van der Waals surface area (Å²) in [7, 11) is 0. The van der Waals surface area contributed by atoms with Crippen LogP contribution in [0.15, 0.2) is 12.5 Å². The lowest BCUT2D eigenvalue weighted by Crippen LogP contribution is -2.26. The van der Waals surface area contributed by atoms with Crippen LogP contribution in [0.5, 0.6) is 0 Å². The van der Waals surface area contributed by atoms with Crippen molar-refractivity contribution >= 4 is 6.09 Å². The Kier molecular flexibility index (Phi) is 2.73. The summed E-state index contributed by atoms with van der Waals surface area (Å²) < 4.78 is 6.64. The van der Waals surface area contributed by atoms with Gasteiger partial charge in [-0.15, -0.1) is 0 Å².